The first-order chi connectivity index (χ1) is 14.5. The number of hydrazine groups is 1. The van der Waals surface area contributed by atoms with Crippen LogP contribution in [-0.4, -0.2) is 17.2 Å². The zero-order chi connectivity index (χ0) is 21.5. The summed E-state index contributed by atoms with van der Waals surface area (Å²) in [6, 6.07) is 25.1. The Hall–Kier alpha value is -2.79. The average molecular weight is 435 g/mol. The van der Waals surface area contributed by atoms with E-state index in [9.17, 15) is 4.79 Å². The lowest BCUT2D eigenvalue weighted by Gasteiger charge is -2.17. The van der Waals surface area contributed by atoms with Crippen molar-refractivity contribution in [2.45, 2.75) is 11.4 Å². The van der Waals surface area contributed by atoms with E-state index in [4.69, 9.17) is 17.4 Å². The van der Waals surface area contributed by atoms with Gasteiger partial charge in [-0.15, -0.1) is 11.8 Å². The van der Waals surface area contributed by atoms with Gasteiger partial charge in [0.2, 0.25) is 0 Å². The number of halogens is 1. The molecule has 0 fully saturated rings. The third kappa shape index (κ3) is 5.63. The molecule has 0 aliphatic heterocycles. The predicted octanol–water partition coefficient (Wildman–Crippen LogP) is 6.06. The highest BCUT2D eigenvalue weighted by Crippen LogP contribution is 2.31. The summed E-state index contributed by atoms with van der Waals surface area (Å²) in [6.45, 7) is 4.57. The van der Waals surface area contributed by atoms with E-state index in [-0.39, 0.29) is 5.91 Å². The van der Waals surface area contributed by atoms with Crippen LogP contribution < -0.4 is 5.84 Å². The van der Waals surface area contributed by atoms with Crippen LogP contribution >= 0.6 is 23.4 Å². The smallest absolute Gasteiger partial charge is 0.261 e. The summed E-state index contributed by atoms with van der Waals surface area (Å²) in [5.74, 6) is 5.76. The minimum Gasteiger partial charge on any atom is -0.273 e. The Morgan fingerprint density at radius 2 is 1.60 bits per heavy atom. The van der Waals surface area contributed by atoms with Gasteiger partial charge in [-0.25, -0.2) is 5.84 Å². The highest BCUT2D eigenvalue weighted by atomic mass is 35.5. The first kappa shape index (κ1) is 21.9. The van der Waals surface area contributed by atoms with E-state index >= 15 is 0 Å². The van der Waals surface area contributed by atoms with Crippen LogP contribution in [0.2, 0.25) is 5.02 Å². The van der Waals surface area contributed by atoms with Crippen molar-refractivity contribution in [3.05, 3.63) is 113 Å². The fraction of sp³-hybridized carbons (Fsp3) is 0.0800. The van der Waals surface area contributed by atoms with Crippen molar-refractivity contribution in [1.82, 2.24) is 5.01 Å². The number of hydrogen-bond acceptors (Lipinski definition) is 3. The highest BCUT2D eigenvalue weighted by Gasteiger charge is 2.14. The SMILES string of the molecule is C=C(/C(=C\C(=O)N(N)Cc1ccccc1)c1ccc(Cl)cc1)c1ccc(SC)cc1. The number of amides is 1. The molecule has 0 heterocycles. The summed E-state index contributed by atoms with van der Waals surface area (Å²) in [6.07, 6.45) is 3.57. The minimum absolute atomic E-state index is 0.300. The third-order valence-electron chi connectivity index (χ3n) is 4.67. The van der Waals surface area contributed by atoms with Gasteiger partial charge >= 0.3 is 0 Å². The first-order valence-electron chi connectivity index (χ1n) is 9.39. The molecule has 3 nitrogen and oxygen atoms in total. The standard InChI is InChI=1S/C25H23ClN2OS/c1-18(20-10-14-23(30-2)15-11-20)24(21-8-12-22(26)13-9-21)16-25(29)28(27)17-19-6-4-3-5-7-19/h3-16H,1,17,27H2,2H3/b24-16+. The van der Waals surface area contributed by atoms with E-state index in [1.165, 1.54) is 11.1 Å². The Balaban J connectivity index is 1.92. The van der Waals surface area contributed by atoms with Gasteiger partial charge in [0.05, 0.1) is 6.54 Å². The molecule has 3 rings (SSSR count). The predicted molar refractivity (Wildman–Crippen MR) is 128 cm³/mol. The third-order valence-corrected chi connectivity index (χ3v) is 5.66. The summed E-state index contributed by atoms with van der Waals surface area (Å²) in [7, 11) is 0. The molecule has 1 amide bonds. The second-order valence-corrected chi connectivity index (χ2v) is 8.04. The number of carbonyl (C=O) groups is 1. The Morgan fingerprint density at radius 1 is 1.00 bits per heavy atom. The number of rotatable bonds is 7. The molecule has 3 aromatic rings. The molecule has 152 valence electrons. The minimum atomic E-state index is -0.300. The van der Waals surface area contributed by atoms with E-state index in [1.54, 1.807) is 23.9 Å². The molecule has 0 atom stereocenters. The second kappa shape index (κ2) is 10.3. The van der Waals surface area contributed by atoms with Crippen molar-refractivity contribution in [2.75, 3.05) is 6.26 Å². The van der Waals surface area contributed by atoms with Gasteiger partial charge < -0.3 is 0 Å². The van der Waals surface area contributed by atoms with E-state index in [2.05, 4.69) is 6.58 Å². The van der Waals surface area contributed by atoms with Crippen molar-refractivity contribution < 1.29 is 4.79 Å². The molecule has 0 spiro atoms. The quantitative estimate of drug-likeness (QED) is 0.123. The molecule has 5 heteroatoms. The maximum atomic E-state index is 12.9. The maximum Gasteiger partial charge on any atom is 0.261 e. The Bertz CT molecular complexity index is 1040. The summed E-state index contributed by atoms with van der Waals surface area (Å²) in [5, 5.41) is 1.83. The number of hydrogen-bond donors (Lipinski definition) is 1. The highest BCUT2D eigenvalue weighted by molar-refractivity contribution is 7.98. The van der Waals surface area contributed by atoms with Crippen LogP contribution in [0.25, 0.3) is 11.1 Å². The van der Waals surface area contributed by atoms with Crippen molar-refractivity contribution in [3.8, 4) is 0 Å². The van der Waals surface area contributed by atoms with Gasteiger partial charge in [0.1, 0.15) is 0 Å². The fourth-order valence-electron chi connectivity index (χ4n) is 2.99. The van der Waals surface area contributed by atoms with Gasteiger partial charge in [-0.3, -0.25) is 9.80 Å². The Morgan fingerprint density at radius 3 is 2.20 bits per heavy atom. The zero-order valence-electron chi connectivity index (χ0n) is 16.7. The maximum absolute atomic E-state index is 12.9. The molecule has 2 N–H and O–H groups in total. The van der Waals surface area contributed by atoms with Crippen LogP contribution in [0.4, 0.5) is 0 Å². The summed E-state index contributed by atoms with van der Waals surface area (Å²) < 4.78 is 0. The van der Waals surface area contributed by atoms with Crippen molar-refractivity contribution in [1.29, 1.82) is 0 Å². The van der Waals surface area contributed by atoms with Gasteiger partial charge in [-0.05, 0) is 58.4 Å². The van der Waals surface area contributed by atoms with Gasteiger partial charge in [-0.1, -0.05) is 72.8 Å². The van der Waals surface area contributed by atoms with Gasteiger partial charge in [0, 0.05) is 16.0 Å². The van der Waals surface area contributed by atoms with Crippen LogP contribution in [-0.2, 0) is 11.3 Å². The molecule has 0 aromatic heterocycles. The molecule has 0 aliphatic carbocycles. The Labute approximate surface area is 186 Å². The van der Waals surface area contributed by atoms with Gasteiger partial charge in [0.15, 0.2) is 0 Å². The number of thioether (sulfide) groups is 1. The molecule has 0 radical (unpaired) electrons. The molecule has 0 aliphatic rings. The second-order valence-electron chi connectivity index (χ2n) is 6.72. The van der Waals surface area contributed by atoms with Crippen LogP contribution in [0, 0.1) is 0 Å². The topological polar surface area (TPSA) is 46.3 Å². The van der Waals surface area contributed by atoms with Gasteiger partial charge in [0.25, 0.3) is 5.91 Å². The normalized spacial score (nSPS) is 11.2. The number of nitrogens with zero attached hydrogens (tertiary/aromatic N) is 1. The van der Waals surface area contributed by atoms with E-state index in [0.717, 1.165) is 27.2 Å². The van der Waals surface area contributed by atoms with Crippen molar-refractivity contribution in [3.63, 3.8) is 0 Å². The van der Waals surface area contributed by atoms with E-state index < -0.39 is 0 Å². The zero-order valence-corrected chi connectivity index (χ0v) is 18.3. The summed E-state index contributed by atoms with van der Waals surface area (Å²) >= 11 is 7.73. The lowest BCUT2D eigenvalue weighted by atomic mass is 9.93. The van der Waals surface area contributed by atoms with Gasteiger partial charge in [-0.2, -0.15) is 0 Å². The summed E-state index contributed by atoms with van der Waals surface area (Å²) in [5.41, 5.74) is 4.19. The molecule has 0 unspecified atom stereocenters. The summed E-state index contributed by atoms with van der Waals surface area (Å²) in [4.78, 5) is 14.1. The van der Waals surface area contributed by atoms with E-state index in [0.29, 0.717) is 17.1 Å². The van der Waals surface area contributed by atoms with Crippen LogP contribution in [0.15, 0.2) is 96.4 Å². The van der Waals surface area contributed by atoms with Crippen molar-refractivity contribution in [2.24, 2.45) is 5.84 Å². The monoisotopic (exact) mass is 434 g/mol. The van der Waals surface area contributed by atoms with Crippen LogP contribution in [0.1, 0.15) is 16.7 Å². The largest absolute Gasteiger partial charge is 0.273 e. The lowest BCUT2D eigenvalue weighted by Crippen LogP contribution is -2.35. The number of benzene rings is 3. The van der Waals surface area contributed by atoms with Crippen molar-refractivity contribution >= 4 is 40.4 Å². The van der Waals surface area contributed by atoms with Crippen LogP contribution in [0.3, 0.4) is 0 Å². The van der Waals surface area contributed by atoms with E-state index in [1.807, 2.05) is 73.0 Å². The molecular weight excluding hydrogens is 412 g/mol. The number of carbonyl (C=O) groups excluding carboxylic acids is 1. The molecule has 3 aromatic carbocycles. The fourth-order valence-corrected chi connectivity index (χ4v) is 3.52. The van der Waals surface area contributed by atoms with Crippen LogP contribution in [0.5, 0.6) is 0 Å². The molecule has 30 heavy (non-hydrogen) atoms. The molecule has 0 bridgehead atoms. The lowest BCUT2D eigenvalue weighted by molar-refractivity contribution is -0.126. The Kier molecular flexibility index (Phi) is 7.52. The average Bonchev–Trinajstić information content (AvgIpc) is 2.78. The molecular formula is C25H23ClN2OS. The number of allylic oxidation sites excluding steroid dienone is 2. The first-order valence-corrected chi connectivity index (χ1v) is 11.0. The molecule has 0 saturated carbocycles. The number of nitrogens with two attached hydrogens (primary N) is 1. The molecule has 0 saturated heterocycles.